The first-order valence-corrected chi connectivity index (χ1v) is 6.35. The minimum atomic E-state index is 0.0137. The molecule has 0 amide bonds. The molecule has 0 spiro atoms. The average Bonchev–Trinajstić information content (AvgIpc) is 2.23. The Labute approximate surface area is 109 Å². The number of aromatic nitrogens is 3. The lowest BCUT2D eigenvalue weighted by Crippen LogP contribution is -2.29. The van der Waals surface area contributed by atoms with E-state index in [2.05, 4.69) is 40.6 Å². The summed E-state index contributed by atoms with van der Waals surface area (Å²) < 4.78 is 5.47. The van der Waals surface area contributed by atoms with Crippen molar-refractivity contribution in [1.29, 1.82) is 0 Å². The first-order chi connectivity index (χ1) is 8.42. The van der Waals surface area contributed by atoms with E-state index in [0.29, 0.717) is 11.9 Å². The molecule has 102 valence electrons. The number of nitrogen functional groups attached to an aromatic ring is 1. The van der Waals surface area contributed by atoms with Gasteiger partial charge >= 0.3 is 6.01 Å². The van der Waals surface area contributed by atoms with Crippen LogP contribution >= 0.6 is 0 Å². The highest BCUT2D eigenvalue weighted by atomic mass is 16.5. The van der Waals surface area contributed by atoms with Crippen molar-refractivity contribution in [2.24, 2.45) is 5.92 Å². The van der Waals surface area contributed by atoms with Crippen LogP contribution < -0.4 is 15.4 Å². The summed E-state index contributed by atoms with van der Waals surface area (Å²) in [4.78, 5) is 14.5. The fraction of sp³-hybridized carbons (Fsp3) is 0.750. The van der Waals surface area contributed by atoms with E-state index in [4.69, 9.17) is 10.5 Å². The average molecular weight is 253 g/mol. The summed E-state index contributed by atoms with van der Waals surface area (Å²) >= 11 is 0. The Bertz CT molecular complexity index is 381. The number of nitrogens with zero attached hydrogens (tertiary/aromatic N) is 4. The Balaban J connectivity index is 2.95. The molecule has 0 saturated heterocycles. The smallest absolute Gasteiger partial charge is 0.323 e. The van der Waals surface area contributed by atoms with Gasteiger partial charge in [-0.1, -0.05) is 13.8 Å². The van der Waals surface area contributed by atoms with Gasteiger partial charge in [0, 0.05) is 13.1 Å². The second kappa shape index (κ2) is 6.37. The fourth-order valence-corrected chi connectivity index (χ4v) is 1.56. The van der Waals surface area contributed by atoms with Gasteiger partial charge in [0.25, 0.3) is 0 Å². The molecule has 0 aromatic carbocycles. The second-order valence-electron chi connectivity index (χ2n) is 4.88. The zero-order valence-electron chi connectivity index (χ0n) is 11.8. The molecular formula is C12H23N5O. The molecule has 1 heterocycles. The van der Waals surface area contributed by atoms with Crippen LogP contribution in [-0.4, -0.2) is 34.1 Å². The molecular weight excluding hydrogens is 230 g/mol. The summed E-state index contributed by atoms with van der Waals surface area (Å²) in [5, 5.41) is 0. The van der Waals surface area contributed by atoms with Crippen LogP contribution in [0.15, 0.2) is 0 Å². The predicted molar refractivity (Wildman–Crippen MR) is 72.7 cm³/mol. The summed E-state index contributed by atoms with van der Waals surface area (Å²) in [5.41, 5.74) is 5.69. The Morgan fingerprint density at radius 3 is 2.33 bits per heavy atom. The quantitative estimate of drug-likeness (QED) is 0.831. The van der Waals surface area contributed by atoms with Gasteiger partial charge in [0.15, 0.2) is 0 Å². The normalized spacial score (nSPS) is 11.1. The molecule has 0 unspecified atom stereocenters. The summed E-state index contributed by atoms with van der Waals surface area (Å²) in [7, 11) is 0. The summed E-state index contributed by atoms with van der Waals surface area (Å²) in [6.45, 7) is 11.9. The first-order valence-electron chi connectivity index (χ1n) is 6.35. The Kier molecular flexibility index (Phi) is 5.12. The zero-order chi connectivity index (χ0) is 13.7. The maximum absolute atomic E-state index is 5.69. The lowest BCUT2D eigenvalue weighted by molar-refractivity contribution is 0.222. The fourth-order valence-electron chi connectivity index (χ4n) is 1.56. The molecule has 6 heteroatoms. The van der Waals surface area contributed by atoms with Crippen LogP contribution in [0, 0.1) is 5.92 Å². The van der Waals surface area contributed by atoms with Crippen molar-refractivity contribution in [3.63, 3.8) is 0 Å². The van der Waals surface area contributed by atoms with E-state index in [1.165, 1.54) is 0 Å². The van der Waals surface area contributed by atoms with Crippen LogP contribution in [0.3, 0.4) is 0 Å². The van der Waals surface area contributed by atoms with Crippen molar-refractivity contribution in [1.82, 2.24) is 15.0 Å². The molecule has 6 nitrogen and oxygen atoms in total. The molecule has 1 aromatic heterocycles. The summed E-state index contributed by atoms with van der Waals surface area (Å²) in [5.74, 6) is 1.30. The molecule has 0 fully saturated rings. The highest BCUT2D eigenvalue weighted by molar-refractivity contribution is 5.35. The zero-order valence-corrected chi connectivity index (χ0v) is 11.8. The first kappa shape index (κ1) is 14.5. The van der Waals surface area contributed by atoms with Crippen LogP contribution in [0.1, 0.15) is 34.6 Å². The third kappa shape index (κ3) is 4.35. The van der Waals surface area contributed by atoms with E-state index in [0.717, 1.165) is 13.1 Å². The van der Waals surface area contributed by atoms with Crippen molar-refractivity contribution in [3.8, 4) is 6.01 Å². The van der Waals surface area contributed by atoms with E-state index in [1.807, 2.05) is 13.8 Å². The number of rotatable bonds is 6. The van der Waals surface area contributed by atoms with E-state index in [-0.39, 0.29) is 18.1 Å². The van der Waals surface area contributed by atoms with Gasteiger partial charge in [-0.2, -0.15) is 15.0 Å². The van der Waals surface area contributed by atoms with Crippen molar-refractivity contribution in [2.45, 2.75) is 40.7 Å². The minimum Gasteiger partial charge on any atom is -0.461 e. The van der Waals surface area contributed by atoms with Gasteiger partial charge < -0.3 is 15.4 Å². The van der Waals surface area contributed by atoms with Crippen LogP contribution in [0.2, 0.25) is 0 Å². The third-order valence-corrected chi connectivity index (χ3v) is 2.21. The van der Waals surface area contributed by atoms with Crippen LogP contribution in [0.5, 0.6) is 6.01 Å². The molecule has 1 rings (SSSR count). The second-order valence-corrected chi connectivity index (χ2v) is 4.88. The van der Waals surface area contributed by atoms with Crippen molar-refractivity contribution < 1.29 is 4.74 Å². The van der Waals surface area contributed by atoms with Crippen LogP contribution in [0.4, 0.5) is 11.9 Å². The SMILES string of the molecule is CCN(CC(C)C)c1nc(N)nc(OC(C)C)n1. The molecule has 0 aliphatic carbocycles. The lowest BCUT2D eigenvalue weighted by atomic mass is 10.2. The summed E-state index contributed by atoms with van der Waals surface area (Å²) in [6, 6.07) is 0.287. The van der Waals surface area contributed by atoms with E-state index in [1.54, 1.807) is 0 Å². The van der Waals surface area contributed by atoms with Crippen molar-refractivity contribution in [2.75, 3.05) is 23.7 Å². The molecule has 2 N–H and O–H groups in total. The number of ether oxygens (including phenoxy) is 1. The van der Waals surface area contributed by atoms with Gasteiger partial charge in [0.1, 0.15) is 0 Å². The third-order valence-electron chi connectivity index (χ3n) is 2.21. The Hall–Kier alpha value is -1.59. The number of anilines is 2. The Morgan fingerprint density at radius 2 is 1.83 bits per heavy atom. The molecule has 0 aliphatic heterocycles. The monoisotopic (exact) mass is 253 g/mol. The largest absolute Gasteiger partial charge is 0.461 e. The molecule has 0 aliphatic rings. The number of hydrogen-bond donors (Lipinski definition) is 1. The van der Waals surface area contributed by atoms with E-state index in [9.17, 15) is 0 Å². The molecule has 1 aromatic rings. The topological polar surface area (TPSA) is 77.2 Å². The minimum absolute atomic E-state index is 0.0137. The maximum atomic E-state index is 5.69. The number of nitrogens with two attached hydrogens (primary N) is 1. The predicted octanol–water partition coefficient (Wildman–Crippen LogP) is 1.72. The van der Waals surface area contributed by atoms with Gasteiger partial charge in [-0.05, 0) is 26.7 Å². The van der Waals surface area contributed by atoms with Gasteiger partial charge in [-0.25, -0.2) is 0 Å². The Morgan fingerprint density at radius 1 is 1.17 bits per heavy atom. The maximum Gasteiger partial charge on any atom is 0.323 e. The molecule has 0 saturated carbocycles. The standard InChI is InChI=1S/C12H23N5O/c1-6-17(7-8(2)3)11-14-10(13)15-12(16-11)18-9(4)5/h8-9H,6-7H2,1-5H3,(H2,13,14,15,16). The highest BCUT2D eigenvalue weighted by Gasteiger charge is 2.13. The van der Waals surface area contributed by atoms with Crippen molar-refractivity contribution >= 4 is 11.9 Å². The lowest BCUT2D eigenvalue weighted by Gasteiger charge is -2.23. The molecule has 0 bridgehead atoms. The van der Waals surface area contributed by atoms with Gasteiger partial charge in [-0.15, -0.1) is 0 Å². The van der Waals surface area contributed by atoms with Gasteiger partial charge in [0.2, 0.25) is 11.9 Å². The van der Waals surface area contributed by atoms with E-state index >= 15 is 0 Å². The van der Waals surface area contributed by atoms with Crippen LogP contribution in [0.25, 0.3) is 0 Å². The molecule has 18 heavy (non-hydrogen) atoms. The van der Waals surface area contributed by atoms with Crippen LogP contribution in [-0.2, 0) is 0 Å². The van der Waals surface area contributed by atoms with Gasteiger partial charge in [0.05, 0.1) is 6.10 Å². The summed E-state index contributed by atoms with van der Waals surface area (Å²) in [6.07, 6.45) is 0.0137. The number of hydrogen-bond acceptors (Lipinski definition) is 6. The highest BCUT2D eigenvalue weighted by Crippen LogP contribution is 2.15. The van der Waals surface area contributed by atoms with E-state index < -0.39 is 0 Å². The van der Waals surface area contributed by atoms with Gasteiger partial charge in [-0.3, -0.25) is 0 Å². The molecule has 0 radical (unpaired) electrons. The van der Waals surface area contributed by atoms with Crippen molar-refractivity contribution in [3.05, 3.63) is 0 Å². The molecule has 0 atom stereocenters.